The van der Waals surface area contributed by atoms with Gasteiger partial charge in [-0.25, -0.2) is 8.42 Å². The fourth-order valence-corrected chi connectivity index (χ4v) is 5.71. The van der Waals surface area contributed by atoms with Crippen molar-refractivity contribution < 1.29 is 22.6 Å². The van der Waals surface area contributed by atoms with Crippen LogP contribution in [0.3, 0.4) is 0 Å². The van der Waals surface area contributed by atoms with Gasteiger partial charge in [-0.05, 0) is 112 Å². The molecular weight excluding hydrogens is 633 g/mol. The summed E-state index contributed by atoms with van der Waals surface area (Å²) < 4.78 is 41.9. The predicted molar refractivity (Wildman–Crippen MR) is 191 cm³/mol. The van der Waals surface area contributed by atoms with E-state index in [1.165, 1.54) is 47.9 Å². The maximum atomic E-state index is 11.3. The number of ether oxygens (including phenoxy) is 3. The first-order valence-electron chi connectivity index (χ1n) is 15.2. The molecule has 3 aromatic carbocycles. The second-order valence-electron chi connectivity index (χ2n) is 10.8. The lowest BCUT2D eigenvalue weighted by molar-refractivity contribution is 0.351. The Morgan fingerprint density at radius 3 is 1.91 bits per heavy atom. The van der Waals surface area contributed by atoms with Crippen molar-refractivity contribution in [3.63, 3.8) is 0 Å². The minimum Gasteiger partial charge on any atom is -0.497 e. The zero-order valence-corrected chi connectivity index (χ0v) is 29.5. The molecule has 0 saturated heterocycles. The van der Waals surface area contributed by atoms with Gasteiger partial charge >= 0.3 is 0 Å². The molecule has 11 heteroatoms. The maximum absolute atomic E-state index is 11.3. The van der Waals surface area contributed by atoms with E-state index in [9.17, 15) is 8.42 Å². The third-order valence-corrected chi connectivity index (χ3v) is 8.03. The Morgan fingerprint density at radius 1 is 0.644 bits per heavy atom. The number of hydrogen-bond donors (Lipinski definition) is 3. The van der Waals surface area contributed by atoms with Gasteiger partial charge in [0.25, 0.3) is 0 Å². The number of hydrogen-bond acceptors (Lipinski definition) is 7. The quantitative estimate of drug-likeness (QED) is 0.114. The fraction of sp³-hybridized carbons (Fsp3) is 0.471. The largest absolute Gasteiger partial charge is 0.497 e. The molecule has 0 bridgehead atoms. The van der Waals surface area contributed by atoms with Gasteiger partial charge in [-0.15, -0.1) is 24.8 Å². The van der Waals surface area contributed by atoms with Crippen LogP contribution < -0.4 is 29.6 Å². The lowest BCUT2D eigenvalue weighted by atomic mass is 9.96. The number of unbranched alkanes of at least 4 members (excludes halogenated alkanes) is 3. The van der Waals surface area contributed by atoms with Crippen LogP contribution in [-0.2, 0) is 35.7 Å². The molecule has 0 saturated carbocycles. The van der Waals surface area contributed by atoms with E-state index < -0.39 is 10.0 Å². The Labute approximate surface area is 282 Å². The van der Waals surface area contributed by atoms with E-state index >= 15 is 0 Å². The zero-order valence-electron chi connectivity index (χ0n) is 27.0. The number of anilines is 1. The molecule has 0 aliphatic rings. The number of nitrogens with one attached hydrogen (secondary N) is 3. The molecule has 0 aliphatic carbocycles. The Bertz CT molecular complexity index is 1360. The lowest BCUT2D eigenvalue weighted by Gasteiger charge is -2.17. The summed E-state index contributed by atoms with van der Waals surface area (Å²) in [5.74, 6) is 2.48. The molecule has 3 aromatic rings. The summed E-state index contributed by atoms with van der Waals surface area (Å²) in [6.45, 7) is 3.87. The van der Waals surface area contributed by atoms with Crippen LogP contribution in [0.25, 0.3) is 0 Å². The van der Waals surface area contributed by atoms with Crippen molar-refractivity contribution >= 4 is 40.5 Å². The van der Waals surface area contributed by atoms with E-state index in [0.717, 1.165) is 75.4 Å². The molecule has 0 aliphatic heterocycles. The highest BCUT2D eigenvalue weighted by Gasteiger charge is 2.15. The van der Waals surface area contributed by atoms with Crippen molar-refractivity contribution in [3.05, 3.63) is 82.9 Å². The number of aryl methyl sites for hydroxylation is 1. The molecule has 0 heterocycles. The van der Waals surface area contributed by atoms with Crippen LogP contribution in [-0.4, -0.2) is 62.2 Å². The monoisotopic (exact) mass is 683 g/mol. The molecule has 45 heavy (non-hydrogen) atoms. The van der Waals surface area contributed by atoms with Crippen molar-refractivity contribution in [3.8, 4) is 17.2 Å². The molecule has 0 spiro atoms. The van der Waals surface area contributed by atoms with E-state index in [2.05, 4.69) is 33.6 Å². The van der Waals surface area contributed by atoms with Gasteiger partial charge in [-0.3, -0.25) is 4.72 Å². The highest BCUT2D eigenvalue weighted by Crippen LogP contribution is 2.35. The van der Waals surface area contributed by atoms with Crippen molar-refractivity contribution in [2.75, 3.05) is 58.5 Å². The number of benzene rings is 3. The van der Waals surface area contributed by atoms with Crippen LogP contribution in [0, 0.1) is 0 Å². The van der Waals surface area contributed by atoms with E-state index in [1.54, 1.807) is 33.5 Å². The summed E-state index contributed by atoms with van der Waals surface area (Å²) in [6, 6.07) is 20.0. The summed E-state index contributed by atoms with van der Waals surface area (Å²) in [6.07, 6.45) is 9.55. The molecule has 252 valence electrons. The summed E-state index contributed by atoms with van der Waals surface area (Å²) in [4.78, 5) is 0. The second-order valence-corrected chi connectivity index (χ2v) is 12.5. The molecule has 3 rings (SSSR count). The molecule has 0 amide bonds. The van der Waals surface area contributed by atoms with Crippen LogP contribution >= 0.6 is 24.8 Å². The first kappa shape index (κ1) is 40.3. The van der Waals surface area contributed by atoms with E-state index in [0.29, 0.717) is 5.69 Å². The average molecular weight is 685 g/mol. The van der Waals surface area contributed by atoms with E-state index in [4.69, 9.17) is 14.2 Å². The van der Waals surface area contributed by atoms with Crippen LogP contribution in [0.2, 0.25) is 0 Å². The summed E-state index contributed by atoms with van der Waals surface area (Å²) in [5, 5.41) is 7.13. The number of halogens is 2. The van der Waals surface area contributed by atoms with Crippen molar-refractivity contribution in [2.24, 2.45) is 0 Å². The third-order valence-electron chi connectivity index (χ3n) is 7.42. The SMILES string of the molecule is COc1cccc(CCc2c(CCNCCCCCCNCCc3ccc(NS(C)(=O)=O)cc3)ccc(OC)c2OC)c1.Cl.Cl. The molecule has 8 nitrogen and oxygen atoms in total. The second kappa shape index (κ2) is 21.9. The zero-order chi connectivity index (χ0) is 30.9. The maximum Gasteiger partial charge on any atom is 0.229 e. The Balaban J connectivity index is 0.00000506. The van der Waals surface area contributed by atoms with Gasteiger partial charge in [-0.2, -0.15) is 0 Å². The molecule has 0 fully saturated rings. The van der Waals surface area contributed by atoms with Crippen LogP contribution in [0.15, 0.2) is 60.7 Å². The van der Waals surface area contributed by atoms with E-state index in [-0.39, 0.29) is 24.8 Å². The topological polar surface area (TPSA) is 97.9 Å². The summed E-state index contributed by atoms with van der Waals surface area (Å²) >= 11 is 0. The van der Waals surface area contributed by atoms with Gasteiger partial charge < -0.3 is 24.8 Å². The first-order chi connectivity index (χ1) is 20.8. The van der Waals surface area contributed by atoms with Crippen molar-refractivity contribution in [1.29, 1.82) is 0 Å². The lowest BCUT2D eigenvalue weighted by Crippen LogP contribution is -2.20. The number of sulfonamides is 1. The molecule has 0 atom stereocenters. The normalized spacial score (nSPS) is 10.8. The van der Waals surface area contributed by atoms with Crippen LogP contribution in [0.5, 0.6) is 17.2 Å². The van der Waals surface area contributed by atoms with Gasteiger partial charge in [0, 0.05) is 11.3 Å². The van der Waals surface area contributed by atoms with Gasteiger partial charge in [0.2, 0.25) is 10.0 Å². The van der Waals surface area contributed by atoms with Gasteiger partial charge in [0.05, 0.1) is 27.6 Å². The van der Waals surface area contributed by atoms with Gasteiger partial charge in [0.15, 0.2) is 11.5 Å². The minimum atomic E-state index is -3.24. The number of methoxy groups -OCH3 is 3. The average Bonchev–Trinajstić information content (AvgIpc) is 3.00. The molecule has 0 radical (unpaired) electrons. The molecular formula is C34H51Cl2N3O5S. The predicted octanol–water partition coefficient (Wildman–Crippen LogP) is 6.24. The molecule has 0 unspecified atom stereocenters. The number of rotatable bonds is 21. The fourth-order valence-electron chi connectivity index (χ4n) is 5.15. The molecule has 0 aromatic heterocycles. The Morgan fingerprint density at radius 2 is 1.31 bits per heavy atom. The third kappa shape index (κ3) is 15.0. The van der Waals surface area contributed by atoms with Crippen molar-refractivity contribution in [1.82, 2.24) is 10.6 Å². The Kier molecular flexibility index (Phi) is 19.7. The first-order valence-corrected chi connectivity index (χ1v) is 17.1. The van der Waals surface area contributed by atoms with Gasteiger partial charge in [-0.1, -0.05) is 43.2 Å². The van der Waals surface area contributed by atoms with Crippen LogP contribution in [0.1, 0.15) is 47.9 Å². The van der Waals surface area contributed by atoms with Gasteiger partial charge in [0.1, 0.15) is 5.75 Å². The van der Waals surface area contributed by atoms with Crippen LogP contribution in [0.4, 0.5) is 5.69 Å². The highest BCUT2D eigenvalue weighted by molar-refractivity contribution is 7.92. The smallest absolute Gasteiger partial charge is 0.229 e. The Hall–Kier alpha value is -2.69. The minimum absolute atomic E-state index is 0. The summed E-state index contributed by atoms with van der Waals surface area (Å²) in [5.41, 5.74) is 5.52. The highest BCUT2D eigenvalue weighted by atomic mass is 35.5. The standard InChI is InChI=1S/C34H49N3O5S.2ClH/c1-40-31-11-9-10-28(26-31)14-18-32-29(15-19-33(41-2)34(32)42-3)21-25-36-23-8-6-5-7-22-35-24-20-27-12-16-30(17-13-27)37-43(4,38)39;;/h9-13,15-17,19,26,35-37H,5-8,14,18,20-25H2,1-4H3;2*1H. The summed E-state index contributed by atoms with van der Waals surface area (Å²) in [7, 11) is 1.86. The van der Waals surface area contributed by atoms with Crippen molar-refractivity contribution in [2.45, 2.75) is 51.4 Å². The molecule has 3 N–H and O–H groups in total. The van der Waals surface area contributed by atoms with E-state index in [1.807, 2.05) is 30.3 Å².